The van der Waals surface area contributed by atoms with Crippen molar-refractivity contribution in [2.45, 2.75) is 6.92 Å². The topological polar surface area (TPSA) is 82.3 Å². The lowest BCUT2D eigenvalue weighted by molar-refractivity contribution is -0.385. The number of nitro benzene ring substituents is 1. The molecule has 0 atom stereocenters. The van der Waals surface area contributed by atoms with Crippen LogP contribution in [0, 0.1) is 10.1 Å². The summed E-state index contributed by atoms with van der Waals surface area (Å²) in [7, 11) is 0. The molecule has 0 radical (unpaired) electrons. The number of nitrogens with zero attached hydrogens (tertiary/aromatic N) is 2. The van der Waals surface area contributed by atoms with E-state index < -0.39 is 4.92 Å². The molecule has 1 aromatic heterocycles. The van der Waals surface area contributed by atoms with Gasteiger partial charge < -0.3 is 4.74 Å². The number of para-hydroxylation sites is 2. The maximum absolute atomic E-state index is 11.4. The van der Waals surface area contributed by atoms with E-state index in [2.05, 4.69) is 4.98 Å². The lowest BCUT2D eigenvalue weighted by Crippen LogP contribution is -2.00. The van der Waals surface area contributed by atoms with E-state index >= 15 is 0 Å². The summed E-state index contributed by atoms with van der Waals surface area (Å²) in [6, 6.07) is 9.08. The van der Waals surface area contributed by atoms with Crippen LogP contribution in [0.25, 0.3) is 0 Å². The van der Waals surface area contributed by atoms with Crippen molar-refractivity contribution < 1.29 is 14.5 Å². The molecule has 0 aliphatic rings. The molecule has 0 amide bonds. The Balaban J connectivity index is 2.42. The second kappa shape index (κ2) is 5.26. The number of nitro groups is 1. The highest BCUT2D eigenvalue weighted by atomic mass is 16.6. The Morgan fingerprint density at radius 3 is 2.68 bits per heavy atom. The highest BCUT2D eigenvalue weighted by Gasteiger charge is 2.17. The highest BCUT2D eigenvalue weighted by molar-refractivity contribution is 5.96. The van der Waals surface area contributed by atoms with E-state index in [1.54, 1.807) is 18.2 Å². The summed E-state index contributed by atoms with van der Waals surface area (Å²) in [5.74, 6) is -0.111. The van der Waals surface area contributed by atoms with Gasteiger partial charge in [-0.1, -0.05) is 12.1 Å². The fourth-order valence-corrected chi connectivity index (χ4v) is 1.54. The maximum atomic E-state index is 11.4. The second-order valence-corrected chi connectivity index (χ2v) is 3.74. The standard InChI is InChI=1S/C13H10N2O4/c1-9(16)10-5-4-8-14-13(10)19-12-7-3-2-6-11(12)15(17)18/h2-8H,1H3. The third-order valence-corrected chi connectivity index (χ3v) is 2.42. The summed E-state index contributed by atoms with van der Waals surface area (Å²) in [6.45, 7) is 1.38. The number of hydrogen-bond donors (Lipinski definition) is 0. The molecule has 96 valence electrons. The Bertz CT molecular complexity index is 585. The summed E-state index contributed by atoms with van der Waals surface area (Å²) in [4.78, 5) is 25.7. The average molecular weight is 258 g/mol. The Morgan fingerprint density at radius 1 is 1.26 bits per heavy atom. The molecule has 6 nitrogen and oxygen atoms in total. The first-order valence-electron chi connectivity index (χ1n) is 5.47. The molecule has 0 saturated heterocycles. The predicted molar refractivity (Wildman–Crippen MR) is 67.4 cm³/mol. The molecule has 1 aromatic carbocycles. The van der Waals surface area contributed by atoms with Gasteiger partial charge in [0.1, 0.15) is 0 Å². The first-order chi connectivity index (χ1) is 9.09. The lowest BCUT2D eigenvalue weighted by Gasteiger charge is -2.07. The fraction of sp³-hybridized carbons (Fsp3) is 0.0769. The first-order valence-corrected chi connectivity index (χ1v) is 5.47. The van der Waals surface area contributed by atoms with Gasteiger partial charge >= 0.3 is 5.69 Å². The summed E-state index contributed by atoms with van der Waals surface area (Å²) in [6.07, 6.45) is 1.45. The largest absolute Gasteiger partial charge is 0.431 e. The van der Waals surface area contributed by atoms with Crippen LogP contribution in [0.1, 0.15) is 17.3 Å². The van der Waals surface area contributed by atoms with Crippen molar-refractivity contribution in [3.8, 4) is 11.6 Å². The van der Waals surface area contributed by atoms with Gasteiger partial charge in [-0.05, 0) is 25.1 Å². The van der Waals surface area contributed by atoms with Crippen molar-refractivity contribution in [2.24, 2.45) is 0 Å². The molecular formula is C13H10N2O4. The van der Waals surface area contributed by atoms with Gasteiger partial charge in [-0.15, -0.1) is 0 Å². The number of rotatable bonds is 4. The van der Waals surface area contributed by atoms with E-state index in [0.29, 0.717) is 0 Å². The van der Waals surface area contributed by atoms with E-state index in [-0.39, 0.29) is 28.7 Å². The Kier molecular flexibility index (Phi) is 3.51. The third-order valence-electron chi connectivity index (χ3n) is 2.42. The van der Waals surface area contributed by atoms with Crippen molar-refractivity contribution in [2.75, 3.05) is 0 Å². The van der Waals surface area contributed by atoms with Crippen LogP contribution in [0.3, 0.4) is 0 Å². The van der Waals surface area contributed by atoms with E-state index in [0.717, 1.165) is 0 Å². The first kappa shape index (κ1) is 12.7. The van der Waals surface area contributed by atoms with Crippen molar-refractivity contribution >= 4 is 11.5 Å². The van der Waals surface area contributed by atoms with Crippen molar-refractivity contribution in [3.63, 3.8) is 0 Å². The number of carbonyl (C=O) groups is 1. The molecule has 0 unspecified atom stereocenters. The average Bonchev–Trinajstić information content (AvgIpc) is 2.39. The predicted octanol–water partition coefficient (Wildman–Crippen LogP) is 2.98. The second-order valence-electron chi connectivity index (χ2n) is 3.74. The zero-order valence-electron chi connectivity index (χ0n) is 10.1. The van der Waals surface area contributed by atoms with Crippen LogP contribution in [-0.4, -0.2) is 15.7 Å². The van der Waals surface area contributed by atoms with E-state index in [1.165, 1.54) is 31.3 Å². The molecular weight excluding hydrogens is 248 g/mol. The number of carbonyl (C=O) groups excluding carboxylic acids is 1. The Hall–Kier alpha value is -2.76. The zero-order valence-corrected chi connectivity index (χ0v) is 10.1. The minimum Gasteiger partial charge on any atom is -0.431 e. The van der Waals surface area contributed by atoms with Gasteiger partial charge in [-0.2, -0.15) is 0 Å². The van der Waals surface area contributed by atoms with Crippen LogP contribution in [0.5, 0.6) is 11.6 Å². The Morgan fingerprint density at radius 2 is 2.00 bits per heavy atom. The molecule has 0 N–H and O–H groups in total. The third kappa shape index (κ3) is 2.74. The summed E-state index contributed by atoms with van der Waals surface area (Å²) in [5, 5.41) is 10.9. The number of ketones is 1. The fourth-order valence-electron chi connectivity index (χ4n) is 1.54. The van der Waals surface area contributed by atoms with Gasteiger partial charge in [0.05, 0.1) is 10.5 Å². The molecule has 0 aliphatic carbocycles. The SMILES string of the molecule is CC(=O)c1cccnc1Oc1ccccc1[N+](=O)[O-]. The number of ether oxygens (including phenoxy) is 1. The maximum Gasteiger partial charge on any atom is 0.311 e. The van der Waals surface area contributed by atoms with Gasteiger partial charge in [0.25, 0.3) is 0 Å². The van der Waals surface area contributed by atoms with E-state index in [4.69, 9.17) is 4.74 Å². The minimum absolute atomic E-state index is 0.0497. The molecule has 2 aromatic rings. The van der Waals surface area contributed by atoms with E-state index in [9.17, 15) is 14.9 Å². The zero-order chi connectivity index (χ0) is 13.8. The van der Waals surface area contributed by atoms with Crippen LogP contribution in [0.2, 0.25) is 0 Å². The van der Waals surface area contributed by atoms with Crippen LogP contribution in [-0.2, 0) is 0 Å². The summed E-state index contributed by atoms with van der Waals surface area (Å²) >= 11 is 0. The molecule has 6 heteroatoms. The molecule has 2 rings (SSSR count). The molecule has 0 spiro atoms. The van der Waals surface area contributed by atoms with Gasteiger partial charge in [0.15, 0.2) is 5.78 Å². The molecule has 0 aliphatic heterocycles. The monoisotopic (exact) mass is 258 g/mol. The summed E-state index contributed by atoms with van der Waals surface area (Å²) < 4.78 is 5.39. The number of pyridine rings is 1. The quantitative estimate of drug-likeness (QED) is 0.478. The van der Waals surface area contributed by atoms with Crippen molar-refractivity contribution in [1.29, 1.82) is 0 Å². The van der Waals surface area contributed by atoms with Gasteiger partial charge in [-0.25, -0.2) is 4.98 Å². The van der Waals surface area contributed by atoms with Crippen molar-refractivity contribution in [1.82, 2.24) is 4.98 Å². The van der Waals surface area contributed by atoms with E-state index in [1.807, 2.05) is 0 Å². The molecule has 19 heavy (non-hydrogen) atoms. The van der Waals surface area contributed by atoms with Crippen LogP contribution in [0.4, 0.5) is 5.69 Å². The lowest BCUT2D eigenvalue weighted by atomic mass is 10.2. The van der Waals surface area contributed by atoms with Crippen LogP contribution < -0.4 is 4.74 Å². The number of Topliss-reactive ketones (excluding diaryl/α,β-unsaturated/α-hetero) is 1. The normalized spacial score (nSPS) is 9.95. The number of aromatic nitrogens is 1. The molecule has 0 saturated carbocycles. The summed E-state index contributed by atoms with van der Waals surface area (Å²) in [5.41, 5.74) is 0.100. The van der Waals surface area contributed by atoms with Gasteiger partial charge in [0.2, 0.25) is 11.6 Å². The van der Waals surface area contributed by atoms with Crippen LogP contribution >= 0.6 is 0 Å². The highest BCUT2D eigenvalue weighted by Crippen LogP contribution is 2.31. The number of hydrogen-bond acceptors (Lipinski definition) is 5. The van der Waals surface area contributed by atoms with Gasteiger partial charge in [-0.3, -0.25) is 14.9 Å². The molecule has 0 fully saturated rings. The van der Waals surface area contributed by atoms with Crippen LogP contribution in [0.15, 0.2) is 42.6 Å². The smallest absolute Gasteiger partial charge is 0.311 e. The van der Waals surface area contributed by atoms with Crippen molar-refractivity contribution in [3.05, 3.63) is 58.3 Å². The Labute approximate surface area is 108 Å². The van der Waals surface area contributed by atoms with Gasteiger partial charge in [0, 0.05) is 12.3 Å². The molecule has 0 bridgehead atoms. The number of benzene rings is 1. The minimum atomic E-state index is -0.550. The molecule has 1 heterocycles.